The number of hydrogen-bond acceptors (Lipinski definition) is 5. The Kier molecular flexibility index (Phi) is 4.40. The first-order chi connectivity index (χ1) is 10.2. The summed E-state index contributed by atoms with van der Waals surface area (Å²) in [6.45, 7) is 4.60. The van der Waals surface area contributed by atoms with Crippen LogP contribution in [-0.2, 0) is 6.42 Å². The summed E-state index contributed by atoms with van der Waals surface area (Å²) in [5, 5.41) is 0.968. The molecule has 0 spiro atoms. The average Bonchev–Trinajstić information content (AvgIpc) is 3.03. The zero-order chi connectivity index (χ0) is 14.7. The summed E-state index contributed by atoms with van der Waals surface area (Å²) in [6, 6.07) is 4.13. The molecule has 1 aliphatic rings. The Morgan fingerprint density at radius 1 is 1.10 bits per heavy atom. The summed E-state index contributed by atoms with van der Waals surface area (Å²) in [7, 11) is 0. The van der Waals surface area contributed by atoms with E-state index >= 15 is 0 Å². The second-order valence-electron chi connectivity index (χ2n) is 5.05. The summed E-state index contributed by atoms with van der Waals surface area (Å²) in [4.78, 5) is 8.77. The van der Waals surface area contributed by atoms with Crippen LogP contribution in [0.3, 0.4) is 0 Å². The molecular weight excluding hydrogens is 294 g/mol. The number of halogens is 2. The first kappa shape index (κ1) is 14.3. The molecule has 0 N–H and O–H groups in total. The normalized spacial score (nSPS) is 16.4. The van der Waals surface area contributed by atoms with Gasteiger partial charge in [0.05, 0.1) is 0 Å². The predicted molar refractivity (Wildman–Crippen MR) is 78.6 cm³/mol. The van der Waals surface area contributed by atoms with Crippen molar-refractivity contribution in [3.8, 4) is 0 Å². The Bertz CT molecular complexity index is 583. The Hall–Kier alpha value is -1.60. The molecule has 0 amide bonds. The molecule has 0 atom stereocenters. The Labute approximate surface area is 126 Å². The number of aromatic nitrogens is 2. The van der Waals surface area contributed by atoms with Crippen LogP contribution in [0.5, 0.6) is 0 Å². The lowest BCUT2D eigenvalue weighted by atomic mass is 10.1. The van der Waals surface area contributed by atoms with E-state index in [4.69, 9.17) is 0 Å². The van der Waals surface area contributed by atoms with Gasteiger partial charge in [-0.1, -0.05) is 6.07 Å². The van der Waals surface area contributed by atoms with Gasteiger partial charge in [-0.3, -0.25) is 4.90 Å². The van der Waals surface area contributed by atoms with Crippen LogP contribution in [-0.4, -0.2) is 47.0 Å². The molecule has 0 unspecified atom stereocenters. The molecule has 0 aliphatic carbocycles. The molecule has 0 bridgehead atoms. The lowest BCUT2D eigenvalue weighted by Crippen LogP contribution is -2.46. The van der Waals surface area contributed by atoms with Crippen LogP contribution in [0.2, 0.25) is 0 Å². The van der Waals surface area contributed by atoms with Gasteiger partial charge in [0, 0.05) is 44.3 Å². The molecule has 112 valence electrons. The molecule has 4 nitrogen and oxygen atoms in total. The van der Waals surface area contributed by atoms with Crippen LogP contribution in [0, 0.1) is 11.6 Å². The van der Waals surface area contributed by atoms with Crippen LogP contribution >= 0.6 is 11.5 Å². The third kappa shape index (κ3) is 3.54. The van der Waals surface area contributed by atoms with E-state index in [2.05, 4.69) is 19.2 Å². The standard InChI is InChI=1S/C14H16F2N4S/c15-12-2-1-11(9-13(12)16)3-4-19-5-7-20(8-6-19)14-17-10-18-21-14/h1-2,9-10H,3-8H2. The SMILES string of the molecule is Fc1ccc(CCN2CCN(c3ncns3)CC2)cc1F. The molecule has 1 aromatic carbocycles. The first-order valence-electron chi connectivity index (χ1n) is 6.90. The van der Waals surface area contributed by atoms with Gasteiger partial charge in [-0.15, -0.1) is 0 Å². The molecular formula is C14H16F2N4S. The van der Waals surface area contributed by atoms with Crippen molar-refractivity contribution >= 4 is 16.7 Å². The van der Waals surface area contributed by atoms with Crippen molar-refractivity contribution in [3.63, 3.8) is 0 Å². The zero-order valence-corrected chi connectivity index (χ0v) is 12.3. The lowest BCUT2D eigenvalue weighted by Gasteiger charge is -2.34. The van der Waals surface area contributed by atoms with E-state index < -0.39 is 11.6 Å². The van der Waals surface area contributed by atoms with E-state index in [9.17, 15) is 8.78 Å². The van der Waals surface area contributed by atoms with Gasteiger partial charge < -0.3 is 4.90 Å². The number of anilines is 1. The Morgan fingerprint density at radius 2 is 1.90 bits per heavy atom. The molecule has 0 saturated carbocycles. The summed E-state index contributed by atoms with van der Waals surface area (Å²) in [5.74, 6) is -1.56. The molecule has 7 heteroatoms. The van der Waals surface area contributed by atoms with Crippen LogP contribution in [0.4, 0.5) is 13.9 Å². The molecule has 0 radical (unpaired) electrons. The molecule has 1 aromatic heterocycles. The molecule has 2 heterocycles. The van der Waals surface area contributed by atoms with Crippen LogP contribution in [0.25, 0.3) is 0 Å². The van der Waals surface area contributed by atoms with Crippen LogP contribution in [0.15, 0.2) is 24.5 Å². The van der Waals surface area contributed by atoms with E-state index in [1.54, 1.807) is 12.4 Å². The highest BCUT2D eigenvalue weighted by Crippen LogP contribution is 2.17. The minimum Gasteiger partial charge on any atom is -0.344 e. The number of piperazine rings is 1. The van der Waals surface area contributed by atoms with Gasteiger partial charge >= 0.3 is 0 Å². The smallest absolute Gasteiger partial charge is 0.205 e. The third-order valence-electron chi connectivity index (χ3n) is 3.69. The average molecular weight is 310 g/mol. The third-order valence-corrected chi connectivity index (χ3v) is 4.42. The summed E-state index contributed by atoms with van der Waals surface area (Å²) < 4.78 is 30.0. The summed E-state index contributed by atoms with van der Waals surface area (Å²) >= 11 is 1.41. The van der Waals surface area contributed by atoms with E-state index in [1.807, 2.05) is 0 Å². The summed E-state index contributed by atoms with van der Waals surface area (Å²) in [5.41, 5.74) is 0.834. The minimum absolute atomic E-state index is 0.732. The number of nitrogens with zero attached hydrogens (tertiary/aromatic N) is 4. The van der Waals surface area contributed by atoms with Gasteiger partial charge in [0.2, 0.25) is 5.13 Å². The second kappa shape index (κ2) is 6.44. The molecule has 1 fully saturated rings. The number of rotatable bonds is 4. The maximum Gasteiger partial charge on any atom is 0.205 e. The minimum atomic E-state index is -0.788. The quantitative estimate of drug-likeness (QED) is 0.866. The van der Waals surface area contributed by atoms with Crippen molar-refractivity contribution in [1.29, 1.82) is 0 Å². The van der Waals surface area contributed by atoms with Gasteiger partial charge in [0.15, 0.2) is 11.6 Å². The van der Waals surface area contributed by atoms with Crippen LogP contribution in [0.1, 0.15) is 5.56 Å². The van der Waals surface area contributed by atoms with Crippen molar-refractivity contribution in [3.05, 3.63) is 41.7 Å². The first-order valence-corrected chi connectivity index (χ1v) is 7.67. The van der Waals surface area contributed by atoms with E-state index in [1.165, 1.54) is 23.7 Å². The highest BCUT2D eigenvalue weighted by atomic mass is 32.1. The Balaban J connectivity index is 1.48. The highest BCUT2D eigenvalue weighted by Gasteiger charge is 2.18. The molecule has 2 aromatic rings. The summed E-state index contributed by atoms with van der Waals surface area (Å²) in [6.07, 6.45) is 2.31. The van der Waals surface area contributed by atoms with Crippen molar-refractivity contribution in [1.82, 2.24) is 14.3 Å². The van der Waals surface area contributed by atoms with E-state index in [-0.39, 0.29) is 0 Å². The monoisotopic (exact) mass is 310 g/mol. The molecule has 21 heavy (non-hydrogen) atoms. The largest absolute Gasteiger partial charge is 0.344 e. The lowest BCUT2D eigenvalue weighted by molar-refractivity contribution is 0.261. The fraction of sp³-hybridized carbons (Fsp3) is 0.429. The molecule has 1 aliphatic heterocycles. The van der Waals surface area contributed by atoms with Crippen molar-refractivity contribution < 1.29 is 8.78 Å². The van der Waals surface area contributed by atoms with Crippen molar-refractivity contribution in [2.24, 2.45) is 0 Å². The topological polar surface area (TPSA) is 32.3 Å². The van der Waals surface area contributed by atoms with Gasteiger partial charge in [-0.2, -0.15) is 4.37 Å². The highest BCUT2D eigenvalue weighted by molar-refractivity contribution is 7.09. The molecule has 3 rings (SSSR count). The Morgan fingerprint density at radius 3 is 2.57 bits per heavy atom. The second-order valence-corrected chi connectivity index (χ2v) is 5.81. The van der Waals surface area contributed by atoms with Crippen molar-refractivity contribution in [2.45, 2.75) is 6.42 Å². The van der Waals surface area contributed by atoms with E-state index in [0.29, 0.717) is 0 Å². The van der Waals surface area contributed by atoms with Gasteiger partial charge in [-0.05, 0) is 24.1 Å². The fourth-order valence-electron chi connectivity index (χ4n) is 2.45. The predicted octanol–water partition coefficient (Wildman–Crippen LogP) is 2.18. The van der Waals surface area contributed by atoms with Crippen LogP contribution < -0.4 is 4.90 Å². The van der Waals surface area contributed by atoms with Crippen molar-refractivity contribution in [2.75, 3.05) is 37.6 Å². The number of hydrogen-bond donors (Lipinski definition) is 0. The van der Waals surface area contributed by atoms with E-state index in [0.717, 1.165) is 49.8 Å². The maximum atomic E-state index is 13.1. The zero-order valence-electron chi connectivity index (χ0n) is 11.5. The van der Waals surface area contributed by atoms with Gasteiger partial charge in [0.25, 0.3) is 0 Å². The number of benzene rings is 1. The molecule has 1 saturated heterocycles. The van der Waals surface area contributed by atoms with Gasteiger partial charge in [0.1, 0.15) is 6.33 Å². The maximum absolute atomic E-state index is 13.1. The fourth-order valence-corrected chi connectivity index (χ4v) is 3.03. The van der Waals surface area contributed by atoms with Gasteiger partial charge in [-0.25, -0.2) is 13.8 Å².